The van der Waals surface area contributed by atoms with Crippen molar-refractivity contribution in [2.45, 2.75) is 13.8 Å². The minimum absolute atomic E-state index is 0.00331. The molecule has 2 rings (SSSR count). The van der Waals surface area contributed by atoms with E-state index in [-0.39, 0.29) is 5.43 Å². The number of aryl methyl sites for hydroxylation is 2. The summed E-state index contributed by atoms with van der Waals surface area (Å²) < 4.78 is 0.900. The molecular formula is C12H11BrN2O. The fourth-order valence-electron chi connectivity index (χ4n) is 1.69. The highest BCUT2D eigenvalue weighted by molar-refractivity contribution is 9.10. The first-order valence-corrected chi connectivity index (χ1v) is 5.69. The molecule has 0 atom stereocenters. The van der Waals surface area contributed by atoms with Gasteiger partial charge in [-0.3, -0.25) is 9.78 Å². The molecule has 2 heterocycles. The predicted octanol–water partition coefficient (Wildman–Crippen LogP) is 2.82. The van der Waals surface area contributed by atoms with Gasteiger partial charge in [-0.25, -0.2) is 0 Å². The van der Waals surface area contributed by atoms with Crippen molar-refractivity contribution in [3.63, 3.8) is 0 Å². The van der Waals surface area contributed by atoms with E-state index in [9.17, 15) is 4.79 Å². The van der Waals surface area contributed by atoms with Gasteiger partial charge in [0.05, 0.1) is 11.3 Å². The maximum atomic E-state index is 11.9. The van der Waals surface area contributed by atoms with E-state index in [1.165, 1.54) is 0 Å². The number of H-pyrrole nitrogens is 1. The second kappa shape index (κ2) is 4.22. The van der Waals surface area contributed by atoms with Crippen LogP contribution >= 0.6 is 15.9 Å². The summed E-state index contributed by atoms with van der Waals surface area (Å²) >= 11 is 3.32. The molecule has 0 unspecified atom stereocenters. The monoisotopic (exact) mass is 278 g/mol. The van der Waals surface area contributed by atoms with Crippen LogP contribution in [-0.2, 0) is 0 Å². The molecule has 16 heavy (non-hydrogen) atoms. The Hall–Kier alpha value is -1.42. The molecule has 2 aromatic heterocycles. The number of halogens is 1. The Kier molecular flexibility index (Phi) is 2.92. The van der Waals surface area contributed by atoms with Crippen LogP contribution in [0, 0.1) is 13.8 Å². The third-order valence-corrected chi connectivity index (χ3v) is 2.81. The van der Waals surface area contributed by atoms with E-state index >= 15 is 0 Å². The number of nitrogens with zero attached hydrogens (tertiary/aromatic N) is 1. The van der Waals surface area contributed by atoms with Gasteiger partial charge in [0.2, 0.25) is 0 Å². The molecule has 0 aromatic carbocycles. The van der Waals surface area contributed by atoms with E-state index in [4.69, 9.17) is 0 Å². The van der Waals surface area contributed by atoms with Crippen LogP contribution in [0.15, 0.2) is 33.7 Å². The van der Waals surface area contributed by atoms with Gasteiger partial charge in [-0.2, -0.15) is 0 Å². The molecule has 0 fully saturated rings. The average molecular weight is 279 g/mol. The van der Waals surface area contributed by atoms with Gasteiger partial charge in [0.25, 0.3) is 0 Å². The van der Waals surface area contributed by atoms with E-state index in [2.05, 4.69) is 25.9 Å². The largest absolute Gasteiger partial charge is 0.362 e. The Labute approximate surface area is 102 Å². The lowest BCUT2D eigenvalue weighted by Crippen LogP contribution is -2.09. The van der Waals surface area contributed by atoms with E-state index < -0.39 is 0 Å². The number of pyridine rings is 2. The zero-order valence-corrected chi connectivity index (χ0v) is 10.6. The van der Waals surface area contributed by atoms with E-state index in [0.717, 1.165) is 15.9 Å². The zero-order chi connectivity index (χ0) is 11.7. The lowest BCUT2D eigenvalue weighted by molar-refractivity contribution is 1.10. The van der Waals surface area contributed by atoms with Crippen molar-refractivity contribution in [1.29, 1.82) is 0 Å². The minimum atomic E-state index is 0.00331. The molecule has 0 spiro atoms. The summed E-state index contributed by atoms with van der Waals surface area (Å²) in [6, 6.07) is 5.30. The van der Waals surface area contributed by atoms with Crippen LogP contribution in [0.25, 0.3) is 11.3 Å². The van der Waals surface area contributed by atoms with Crippen LogP contribution in [0.2, 0.25) is 0 Å². The first kappa shape index (κ1) is 11.1. The summed E-state index contributed by atoms with van der Waals surface area (Å²) in [5, 5.41) is 0. The molecule has 0 aliphatic rings. The van der Waals surface area contributed by atoms with Gasteiger partial charge in [-0.1, -0.05) is 0 Å². The quantitative estimate of drug-likeness (QED) is 0.872. The van der Waals surface area contributed by atoms with Crippen molar-refractivity contribution in [1.82, 2.24) is 9.97 Å². The number of rotatable bonds is 1. The van der Waals surface area contributed by atoms with Crippen LogP contribution in [0.1, 0.15) is 11.4 Å². The van der Waals surface area contributed by atoms with Crippen LogP contribution in [-0.4, -0.2) is 9.97 Å². The highest BCUT2D eigenvalue weighted by atomic mass is 79.9. The second-order valence-corrected chi connectivity index (χ2v) is 4.59. The van der Waals surface area contributed by atoms with Crippen molar-refractivity contribution >= 4 is 15.9 Å². The van der Waals surface area contributed by atoms with Gasteiger partial charge in [-0.05, 0) is 41.9 Å². The molecule has 2 aromatic rings. The molecule has 4 heteroatoms. The van der Waals surface area contributed by atoms with Crippen molar-refractivity contribution in [2.24, 2.45) is 0 Å². The fourth-order valence-corrected chi connectivity index (χ4v) is 1.92. The van der Waals surface area contributed by atoms with Crippen LogP contribution in [0.3, 0.4) is 0 Å². The standard InChI is InChI=1S/C12H11BrN2O/c1-7-5-11(16)12(8(2)15-7)10-4-3-9(13)6-14-10/h3-6H,1-2H3,(H,15,16). The number of hydrogen-bond acceptors (Lipinski definition) is 2. The Morgan fingerprint density at radius 1 is 1.31 bits per heavy atom. The topological polar surface area (TPSA) is 45.8 Å². The summed E-state index contributed by atoms with van der Waals surface area (Å²) in [7, 11) is 0. The van der Waals surface area contributed by atoms with Gasteiger partial charge in [0, 0.05) is 28.1 Å². The molecule has 82 valence electrons. The van der Waals surface area contributed by atoms with Crippen molar-refractivity contribution in [3.05, 3.63) is 50.5 Å². The minimum Gasteiger partial charge on any atom is -0.362 e. The zero-order valence-electron chi connectivity index (χ0n) is 9.04. The Balaban J connectivity index is 2.65. The SMILES string of the molecule is Cc1cc(=O)c(-c2ccc(Br)cn2)c(C)[nH]1. The smallest absolute Gasteiger partial charge is 0.191 e. The Morgan fingerprint density at radius 2 is 2.06 bits per heavy atom. The third-order valence-electron chi connectivity index (χ3n) is 2.34. The van der Waals surface area contributed by atoms with Crippen molar-refractivity contribution < 1.29 is 0 Å². The number of hydrogen-bond donors (Lipinski definition) is 1. The van der Waals surface area contributed by atoms with Crippen LogP contribution in [0.4, 0.5) is 0 Å². The highest BCUT2D eigenvalue weighted by Crippen LogP contribution is 2.18. The summed E-state index contributed by atoms with van der Waals surface area (Å²) in [5.41, 5.74) is 3.05. The second-order valence-electron chi connectivity index (χ2n) is 3.68. The van der Waals surface area contributed by atoms with Gasteiger partial charge in [0.15, 0.2) is 5.43 Å². The summed E-state index contributed by atoms with van der Waals surface area (Å²) in [6.07, 6.45) is 1.69. The van der Waals surface area contributed by atoms with Gasteiger partial charge in [-0.15, -0.1) is 0 Å². The molecule has 1 N–H and O–H groups in total. The molecule has 0 saturated carbocycles. The normalized spacial score (nSPS) is 10.4. The molecule has 0 aliphatic carbocycles. The first-order valence-electron chi connectivity index (χ1n) is 4.90. The molecular weight excluding hydrogens is 268 g/mol. The van der Waals surface area contributed by atoms with Crippen molar-refractivity contribution in [3.8, 4) is 11.3 Å². The summed E-state index contributed by atoms with van der Waals surface area (Å²) in [4.78, 5) is 19.2. The molecule has 0 amide bonds. The van der Waals surface area contributed by atoms with Crippen LogP contribution in [0.5, 0.6) is 0 Å². The summed E-state index contributed by atoms with van der Waals surface area (Å²) in [6.45, 7) is 3.75. The van der Waals surface area contributed by atoms with Gasteiger partial charge >= 0.3 is 0 Å². The molecule has 0 bridgehead atoms. The number of nitrogens with one attached hydrogen (secondary N) is 1. The molecule has 0 saturated heterocycles. The maximum Gasteiger partial charge on any atom is 0.191 e. The number of aromatic nitrogens is 2. The van der Waals surface area contributed by atoms with E-state index in [0.29, 0.717) is 11.3 Å². The fraction of sp³-hybridized carbons (Fsp3) is 0.167. The first-order chi connectivity index (χ1) is 7.58. The lowest BCUT2D eigenvalue weighted by atomic mass is 10.1. The molecule has 0 aliphatic heterocycles. The lowest BCUT2D eigenvalue weighted by Gasteiger charge is -2.05. The average Bonchev–Trinajstić information content (AvgIpc) is 2.19. The molecule has 3 nitrogen and oxygen atoms in total. The third kappa shape index (κ3) is 2.07. The summed E-state index contributed by atoms with van der Waals surface area (Å²) in [5.74, 6) is 0. The van der Waals surface area contributed by atoms with E-state index in [1.807, 2.05) is 26.0 Å². The maximum absolute atomic E-state index is 11.9. The van der Waals surface area contributed by atoms with E-state index in [1.54, 1.807) is 12.3 Å². The van der Waals surface area contributed by atoms with Crippen LogP contribution < -0.4 is 5.43 Å². The highest BCUT2D eigenvalue weighted by Gasteiger charge is 2.08. The molecule has 0 radical (unpaired) electrons. The van der Waals surface area contributed by atoms with Gasteiger partial charge < -0.3 is 4.98 Å². The predicted molar refractivity (Wildman–Crippen MR) is 67.5 cm³/mol. The Bertz CT molecular complexity index is 573. The van der Waals surface area contributed by atoms with Gasteiger partial charge in [0.1, 0.15) is 0 Å². The van der Waals surface area contributed by atoms with Crippen molar-refractivity contribution in [2.75, 3.05) is 0 Å². The Morgan fingerprint density at radius 3 is 2.62 bits per heavy atom. The number of aromatic amines is 1.